The summed E-state index contributed by atoms with van der Waals surface area (Å²) in [6.45, 7) is 2.53. The maximum atomic E-state index is 12.8. The van der Waals surface area contributed by atoms with Crippen LogP contribution in [0.3, 0.4) is 0 Å². The summed E-state index contributed by atoms with van der Waals surface area (Å²) in [7, 11) is -2.23. The average Bonchev–Trinajstić information content (AvgIpc) is 2.73. The molecule has 1 aliphatic heterocycles. The maximum Gasteiger partial charge on any atom is 0.337 e. The molecule has 6 nitrogen and oxygen atoms in total. The Bertz CT molecular complexity index is 957. The molecule has 3 rings (SSSR count). The molecule has 7 heteroatoms. The number of carbonyl (C=O) groups is 2. The second-order valence-corrected chi connectivity index (χ2v) is 8.86. The van der Waals surface area contributed by atoms with Gasteiger partial charge in [-0.25, -0.2) is 13.2 Å². The van der Waals surface area contributed by atoms with Crippen molar-refractivity contribution in [1.82, 2.24) is 4.31 Å². The number of Topliss-reactive ketones (excluding diaryl/α,β-unsaturated/α-hetero) is 1. The van der Waals surface area contributed by atoms with Crippen LogP contribution >= 0.6 is 0 Å². The van der Waals surface area contributed by atoms with E-state index in [4.69, 9.17) is 0 Å². The summed E-state index contributed by atoms with van der Waals surface area (Å²) in [4.78, 5) is 24.5. The number of carbonyl (C=O) groups excluding carboxylic acids is 2. The predicted molar refractivity (Wildman–Crippen MR) is 105 cm³/mol. The van der Waals surface area contributed by atoms with E-state index in [-0.39, 0.29) is 16.6 Å². The zero-order valence-corrected chi connectivity index (χ0v) is 16.7. The number of ether oxygens (including phenoxy) is 1. The molecule has 1 saturated heterocycles. The number of nitrogens with zero attached hydrogens (tertiary/aromatic N) is 1. The van der Waals surface area contributed by atoms with Gasteiger partial charge in [0.25, 0.3) is 0 Å². The lowest BCUT2D eigenvalue weighted by atomic mass is 9.89. The highest BCUT2D eigenvalue weighted by molar-refractivity contribution is 7.89. The molecule has 1 fully saturated rings. The van der Waals surface area contributed by atoms with Crippen molar-refractivity contribution in [3.63, 3.8) is 0 Å². The van der Waals surface area contributed by atoms with E-state index in [1.165, 1.54) is 11.4 Å². The molecule has 2 aromatic carbocycles. The van der Waals surface area contributed by atoms with Crippen molar-refractivity contribution in [2.24, 2.45) is 5.92 Å². The summed E-state index contributed by atoms with van der Waals surface area (Å²) in [5, 5.41) is 0. The SMILES string of the molecule is COC(=O)c1ccc(C(=O)C2CCN(S(=O)(=O)c3ccc(C)cc3)CC2)cc1. The molecule has 0 aromatic heterocycles. The van der Waals surface area contributed by atoms with Crippen LogP contribution in [0.5, 0.6) is 0 Å². The number of benzene rings is 2. The third-order valence-corrected chi connectivity index (χ3v) is 6.99. The van der Waals surface area contributed by atoms with Crippen molar-refractivity contribution in [2.45, 2.75) is 24.7 Å². The fourth-order valence-electron chi connectivity index (χ4n) is 3.34. The summed E-state index contributed by atoms with van der Waals surface area (Å²) in [6, 6.07) is 13.2. The van der Waals surface area contributed by atoms with Crippen molar-refractivity contribution in [2.75, 3.05) is 20.2 Å². The van der Waals surface area contributed by atoms with E-state index in [0.717, 1.165) is 5.56 Å². The Balaban J connectivity index is 1.65. The average molecular weight is 401 g/mol. The summed E-state index contributed by atoms with van der Waals surface area (Å²) in [5.74, 6) is -0.703. The van der Waals surface area contributed by atoms with E-state index in [2.05, 4.69) is 4.74 Å². The monoisotopic (exact) mass is 401 g/mol. The summed E-state index contributed by atoms with van der Waals surface area (Å²) >= 11 is 0. The van der Waals surface area contributed by atoms with Crippen LogP contribution in [0, 0.1) is 12.8 Å². The number of sulfonamides is 1. The molecule has 28 heavy (non-hydrogen) atoms. The number of piperidine rings is 1. The number of ketones is 1. The van der Waals surface area contributed by atoms with Gasteiger partial charge >= 0.3 is 5.97 Å². The van der Waals surface area contributed by atoms with Crippen molar-refractivity contribution >= 4 is 21.8 Å². The lowest BCUT2D eigenvalue weighted by Gasteiger charge is -2.30. The third-order valence-electron chi connectivity index (χ3n) is 5.07. The Morgan fingerprint density at radius 3 is 2.00 bits per heavy atom. The molecule has 0 unspecified atom stereocenters. The quantitative estimate of drug-likeness (QED) is 0.568. The number of hydrogen-bond donors (Lipinski definition) is 0. The van der Waals surface area contributed by atoms with E-state index in [1.807, 2.05) is 6.92 Å². The molecule has 0 aliphatic carbocycles. The molecule has 0 N–H and O–H groups in total. The van der Waals surface area contributed by atoms with Gasteiger partial charge in [0.1, 0.15) is 0 Å². The van der Waals surface area contributed by atoms with Crippen molar-refractivity contribution in [1.29, 1.82) is 0 Å². The Hall–Kier alpha value is -2.51. The fourth-order valence-corrected chi connectivity index (χ4v) is 4.81. The minimum atomic E-state index is -3.54. The maximum absolute atomic E-state index is 12.8. The number of rotatable bonds is 5. The van der Waals surface area contributed by atoms with E-state index in [9.17, 15) is 18.0 Å². The van der Waals surface area contributed by atoms with Crippen molar-refractivity contribution < 1.29 is 22.7 Å². The van der Waals surface area contributed by atoms with Crippen LogP contribution in [-0.2, 0) is 14.8 Å². The molecule has 0 spiro atoms. The molecular formula is C21H23NO5S. The molecule has 148 valence electrons. The smallest absolute Gasteiger partial charge is 0.337 e. The van der Waals surface area contributed by atoms with Crippen molar-refractivity contribution in [3.8, 4) is 0 Å². The zero-order chi connectivity index (χ0) is 20.3. The highest BCUT2D eigenvalue weighted by Gasteiger charge is 2.32. The van der Waals surface area contributed by atoms with Crippen LogP contribution in [0.25, 0.3) is 0 Å². The molecule has 0 atom stereocenters. The number of methoxy groups -OCH3 is 1. The van der Waals surface area contributed by atoms with Gasteiger partial charge in [-0.1, -0.05) is 29.8 Å². The molecule has 0 radical (unpaired) electrons. The minimum absolute atomic E-state index is 0.0243. The van der Waals surface area contributed by atoms with Gasteiger partial charge in [-0.15, -0.1) is 0 Å². The highest BCUT2D eigenvalue weighted by Crippen LogP contribution is 2.26. The minimum Gasteiger partial charge on any atom is -0.465 e. The van der Waals surface area contributed by atoms with Crippen LogP contribution in [0.15, 0.2) is 53.4 Å². The summed E-state index contributed by atoms with van der Waals surface area (Å²) in [6.07, 6.45) is 0.950. The highest BCUT2D eigenvalue weighted by atomic mass is 32.2. The van der Waals surface area contributed by atoms with Gasteiger partial charge in [0, 0.05) is 24.6 Å². The van der Waals surface area contributed by atoms with Gasteiger partial charge in [-0.2, -0.15) is 4.31 Å². The van der Waals surface area contributed by atoms with Crippen LogP contribution in [0.4, 0.5) is 0 Å². The zero-order valence-electron chi connectivity index (χ0n) is 15.9. The van der Waals surface area contributed by atoms with E-state index >= 15 is 0 Å². The first-order valence-electron chi connectivity index (χ1n) is 9.12. The Morgan fingerprint density at radius 2 is 1.46 bits per heavy atom. The van der Waals surface area contributed by atoms with Gasteiger partial charge < -0.3 is 4.74 Å². The molecule has 0 saturated carbocycles. The predicted octanol–water partition coefficient (Wildman–Crippen LogP) is 3.07. The number of hydrogen-bond acceptors (Lipinski definition) is 5. The van der Waals surface area contributed by atoms with Crippen molar-refractivity contribution in [3.05, 3.63) is 65.2 Å². The second kappa shape index (κ2) is 8.24. The Labute approximate surface area is 165 Å². The van der Waals surface area contributed by atoms with Crippen LogP contribution in [0.2, 0.25) is 0 Å². The van der Waals surface area contributed by atoms with Crippen LogP contribution < -0.4 is 0 Å². The molecule has 2 aromatic rings. The largest absolute Gasteiger partial charge is 0.465 e. The van der Waals surface area contributed by atoms with E-state index < -0.39 is 16.0 Å². The molecular weight excluding hydrogens is 378 g/mol. The topological polar surface area (TPSA) is 80.8 Å². The molecule has 1 heterocycles. The van der Waals surface area contributed by atoms with E-state index in [0.29, 0.717) is 37.1 Å². The lowest BCUT2D eigenvalue weighted by Crippen LogP contribution is -2.40. The van der Waals surface area contributed by atoms with Gasteiger partial charge in [0.05, 0.1) is 17.6 Å². The van der Waals surface area contributed by atoms with E-state index in [1.54, 1.807) is 48.5 Å². The van der Waals surface area contributed by atoms with Crippen LogP contribution in [-0.4, -0.2) is 44.7 Å². The lowest BCUT2D eigenvalue weighted by molar-refractivity contribution is 0.0600. The van der Waals surface area contributed by atoms with Gasteiger partial charge in [-0.3, -0.25) is 4.79 Å². The molecule has 0 bridgehead atoms. The standard InChI is InChI=1S/C21H23NO5S/c1-15-3-9-19(10-4-15)28(25,26)22-13-11-17(12-14-22)20(23)16-5-7-18(8-6-16)21(24)27-2/h3-10,17H,11-14H2,1-2H3. The molecule has 0 amide bonds. The first kappa shape index (κ1) is 20.2. The first-order chi connectivity index (χ1) is 13.3. The Morgan fingerprint density at radius 1 is 0.929 bits per heavy atom. The Kier molecular flexibility index (Phi) is 5.96. The third kappa shape index (κ3) is 4.15. The van der Waals surface area contributed by atoms with Gasteiger partial charge in [-0.05, 0) is 44.0 Å². The first-order valence-corrected chi connectivity index (χ1v) is 10.6. The second-order valence-electron chi connectivity index (χ2n) is 6.92. The van der Waals surface area contributed by atoms with Crippen LogP contribution in [0.1, 0.15) is 39.1 Å². The normalized spacial score (nSPS) is 15.9. The molecule has 1 aliphatic rings. The summed E-state index contributed by atoms with van der Waals surface area (Å²) in [5.41, 5.74) is 1.91. The fraction of sp³-hybridized carbons (Fsp3) is 0.333. The summed E-state index contributed by atoms with van der Waals surface area (Å²) < 4.78 is 31.6. The number of aryl methyl sites for hydroxylation is 1. The number of esters is 1. The van der Waals surface area contributed by atoms with Gasteiger partial charge in [0.2, 0.25) is 10.0 Å². The van der Waals surface area contributed by atoms with Gasteiger partial charge in [0.15, 0.2) is 5.78 Å².